The van der Waals surface area contributed by atoms with Crippen LogP contribution in [-0.2, 0) is 16.1 Å². The van der Waals surface area contributed by atoms with Gasteiger partial charge in [-0.3, -0.25) is 9.59 Å². The molecule has 0 radical (unpaired) electrons. The molecule has 1 fully saturated rings. The molecule has 1 saturated carbocycles. The van der Waals surface area contributed by atoms with Crippen molar-refractivity contribution in [1.29, 1.82) is 0 Å². The van der Waals surface area contributed by atoms with Crippen molar-refractivity contribution in [1.82, 2.24) is 4.90 Å². The molecule has 1 amide bonds. The Bertz CT molecular complexity index is 544. The molecule has 3 nitrogen and oxygen atoms in total. The summed E-state index contributed by atoms with van der Waals surface area (Å²) in [6.07, 6.45) is 4.61. The highest BCUT2D eigenvalue weighted by Crippen LogP contribution is 2.24. The first-order valence-corrected chi connectivity index (χ1v) is 7.42. The van der Waals surface area contributed by atoms with Crippen LogP contribution in [0.4, 0.5) is 0 Å². The average molecular weight is 283 g/mol. The maximum atomic E-state index is 12.6. The molecule has 3 heteroatoms. The van der Waals surface area contributed by atoms with Gasteiger partial charge in [-0.1, -0.05) is 36.9 Å². The molecule has 1 aliphatic rings. The lowest BCUT2D eigenvalue weighted by Gasteiger charge is -2.25. The van der Waals surface area contributed by atoms with Crippen LogP contribution >= 0.6 is 0 Å². The summed E-state index contributed by atoms with van der Waals surface area (Å²) in [5, 5.41) is 0. The summed E-state index contributed by atoms with van der Waals surface area (Å²) in [7, 11) is 0. The van der Waals surface area contributed by atoms with Crippen LogP contribution in [0.1, 0.15) is 31.2 Å². The third-order valence-corrected chi connectivity index (χ3v) is 3.82. The van der Waals surface area contributed by atoms with Crippen molar-refractivity contribution in [3.63, 3.8) is 0 Å². The molecular formula is C18H21NO2. The first-order valence-electron chi connectivity index (χ1n) is 7.42. The van der Waals surface area contributed by atoms with E-state index in [0.29, 0.717) is 32.4 Å². The zero-order chi connectivity index (χ0) is 15.1. The predicted molar refractivity (Wildman–Crippen MR) is 82.5 cm³/mol. The normalized spacial score (nSPS) is 17.3. The highest BCUT2D eigenvalue weighted by Gasteiger charge is 2.33. The second-order valence-corrected chi connectivity index (χ2v) is 5.35. The molecule has 0 aromatic heterocycles. The van der Waals surface area contributed by atoms with E-state index >= 15 is 0 Å². The fraction of sp³-hybridized carbons (Fsp3) is 0.389. The summed E-state index contributed by atoms with van der Waals surface area (Å²) in [6, 6.07) is 9.88. The van der Waals surface area contributed by atoms with Crippen molar-refractivity contribution >= 4 is 11.7 Å². The summed E-state index contributed by atoms with van der Waals surface area (Å²) >= 11 is 0. The molecular weight excluding hydrogens is 262 g/mol. The van der Waals surface area contributed by atoms with Crippen LogP contribution in [0.25, 0.3) is 0 Å². The van der Waals surface area contributed by atoms with Crippen molar-refractivity contribution in [2.24, 2.45) is 5.92 Å². The number of hydrogen-bond donors (Lipinski definition) is 0. The van der Waals surface area contributed by atoms with Gasteiger partial charge in [0.1, 0.15) is 5.78 Å². The monoisotopic (exact) mass is 283 g/mol. The molecule has 1 aromatic carbocycles. The number of carbonyl (C=O) groups is 2. The minimum absolute atomic E-state index is 0.0289. The van der Waals surface area contributed by atoms with E-state index in [2.05, 4.69) is 12.3 Å². The second-order valence-electron chi connectivity index (χ2n) is 5.35. The number of benzene rings is 1. The number of amides is 1. The van der Waals surface area contributed by atoms with Crippen LogP contribution in [0.3, 0.4) is 0 Å². The first-order chi connectivity index (χ1) is 10.2. The van der Waals surface area contributed by atoms with Gasteiger partial charge in [0.15, 0.2) is 0 Å². The Balaban J connectivity index is 2.08. The Morgan fingerprint density at radius 3 is 2.76 bits per heavy atom. The number of rotatable bonds is 6. The van der Waals surface area contributed by atoms with Crippen molar-refractivity contribution < 1.29 is 9.59 Å². The van der Waals surface area contributed by atoms with E-state index in [9.17, 15) is 9.59 Å². The Hall–Kier alpha value is -2.12. The molecule has 1 atom stereocenters. The quantitative estimate of drug-likeness (QED) is 0.594. The van der Waals surface area contributed by atoms with E-state index in [-0.39, 0.29) is 11.7 Å². The van der Waals surface area contributed by atoms with Gasteiger partial charge in [0.2, 0.25) is 5.91 Å². The predicted octanol–water partition coefficient (Wildman–Crippen LogP) is 3.12. The zero-order valence-corrected chi connectivity index (χ0v) is 12.3. The molecule has 0 saturated heterocycles. The summed E-state index contributed by atoms with van der Waals surface area (Å²) < 4.78 is 0. The zero-order valence-electron chi connectivity index (χ0n) is 12.3. The molecule has 1 unspecified atom stereocenters. The molecule has 0 heterocycles. The summed E-state index contributed by atoms with van der Waals surface area (Å²) in [5.74, 6) is -0.363. The minimum Gasteiger partial charge on any atom is -0.337 e. The lowest BCUT2D eigenvalue weighted by molar-refractivity contribution is -0.140. The molecule has 1 aliphatic carbocycles. The fourth-order valence-electron chi connectivity index (χ4n) is 2.69. The molecule has 0 bridgehead atoms. The Morgan fingerprint density at radius 2 is 2.14 bits per heavy atom. The van der Waals surface area contributed by atoms with Gasteiger partial charge < -0.3 is 4.90 Å². The van der Waals surface area contributed by atoms with Crippen LogP contribution in [0, 0.1) is 5.92 Å². The highest BCUT2D eigenvalue weighted by molar-refractivity contribution is 6.02. The van der Waals surface area contributed by atoms with Gasteiger partial charge in [-0.25, -0.2) is 0 Å². The lowest BCUT2D eigenvalue weighted by atomic mass is 10.0. The van der Waals surface area contributed by atoms with E-state index in [1.807, 2.05) is 36.4 Å². The molecule has 0 aliphatic heterocycles. The lowest BCUT2D eigenvalue weighted by Crippen LogP contribution is -2.37. The Kier molecular flexibility index (Phi) is 5.53. The van der Waals surface area contributed by atoms with Gasteiger partial charge in [-0.2, -0.15) is 0 Å². The van der Waals surface area contributed by atoms with Gasteiger partial charge >= 0.3 is 0 Å². The van der Waals surface area contributed by atoms with Crippen LogP contribution in [0.15, 0.2) is 48.7 Å². The van der Waals surface area contributed by atoms with Crippen molar-refractivity contribution in [2.75, 3.05) is 6.54 Å². The summed E-state index contributed by atoms with van der Waals surface area (Å²) in [5.41, 5.74) is 3.81. The third-order valence-electron chi connectivity index (χ3n) is 3.82. The molecule has 0 N–H and O–H groups in total. The topological polar surface area (TPSA) is 37.4 Å². The van der Waals surface area contributed by atoms with E-state index in [1.165, 1.54) is 0 Å². The molecule has 110 valence electrons. The SMILES string of the molecule is C=C=CCCN(Cc1ccccc1)C(=O)C1CCCC1=O. The minimum atomic E-state index is -0.429. The Labute approximate surface area is 126 Å². The van der Waals surface area contributed by atoms with Crippen LogP contribution in [-0.4, -0.2) is 23.1 Å². The number of nitrogens with zero attached hydrogens (tertiary/aromatic N) is 1. The van der Waals surface area contributed by atoms with E-state index in [0.717, 1.165) is 12.0 Å². The molecule has 21 heavy (non-hydrogen) atoms. The first kappa shape index (κ1) is 15.3. The maximum absolute atomic E-state index is 12.6. The summed E-state index contributed by atoms with van der Waals surface area (Å²) in [4.78, 5) is 26.2. The number of hydrogen-bond acceptors (Lipinski definition) is 2. The number of carbonyl (C=O) groups excluding carboxylic acids is 2. The van der Waals surface area contributed by atoms with Crippen LogP contribution in [0.2, 0.25) is 0 Å². The molecule has 0 spiro atoms. The second kappa shape index (κ2) is 7.61. The summed E-state index contributed by atoms with van der Waals surface area (Å²) in [6.45, 7) is 4.69. The van der Waals surface area contributed by atoms with Gasteiger partial charge in [0.05, 0.1) is 5.92 Å². The largest absolute Gasteiger partial charge is 0.337 e. The van der Waals surface area contributed by atoms with Crippen molar-refractivity contribution in [2.45, 2.75) is 32.2 Å². The molecule has 2 rings (SSSR count). The molecule has 1 aromatic rings. The maximum Gasteiger partial charge on any atom is 0.233 e. The van der Waals surface area contributed by atoms with Gasteiger partial charge in [0, 0.05) is 19.5 Å². The smallest absolute Gasteiger partial charge is 0.233 e. The number of ketones is 1. The standard InChI is InChI=1S/C18H21NO2/c1-2-3-7-13-19(14-15-9-5-4-6-10-15)18(21)16-11-8-12-17(16)20/h3-6,9-10,16H,1,7-8,11-14H2. The fourth-order valence-corrected chi connectivity index (χ4v) is 2.69. The van der Waals surface area contributed by atoms with E-state index in [1.54, 1.807) is 4.90 Å². The van der Waals surface area contributed by atoms with Crippen molar-refractivity contribution in [3.05, 3.63) is 54.3 Å². The van der Waals surface area contributed by atoms with Gasteiger partial charge in [-0.05, 0) is 30.9 Å². The average Bonchev–Trinajstić information content (AvgIpc) is 2.93. The Morgan fingerprint density at radius 1 is 1.38 bits per heavy atom. The number of Topliss-reactive ketones (excluding diaryl/α,β-unsaturated/α-hetero) is 1. The highest BCUT2D eigenvalue weighted by atomic mass is 16.2. The van der Waals surface area contributed by atoms with Crippen LogP contribution < -0.4 is 0 Å². The van der Waals surface area contributed by atoms with E-state index in [4.69, 9.17) is 0 Å². The van der Waals surface area contributed by atoms with Gasteiger partial charge in [0.25, 0.3) is 0 Å². The third kappa shape index (κ3) is 4.17. The van der Waals surface area contributed by atoms with Gasteiger partial charge in [-0.15, -0.1) is 5.73 Å². The van der Waals surface area contributed by atoms with E-state index < -0.39 is 5.92 Å². The van der Waals surface area contributed by atoms with Crippen LogP contribution in [0.5, 0.6) is 0 Å². The van der Waals surface area contributed by atoms with Crippen molar-refractivity contribution in [3.8, 4) is 0 Å².